The van der Waals surface area contributed by atoms with Gasteiger partial charge in [-0.1, -0.05) is 6.08 Å². The van der Waals surface area contributed by atoms with Crippen molar-refractivity contribution in [3.8, 4) is 11.8 Å². The van der Waals surface area contributed by atoms with E-state index in [1.54, 1.807) is 6.07 Å². The van der Waals surface area contributed by atoms with Gasteiger partial charge in [-0.05, 0) is 39.3 Å². The van der Waals surface area contributed by atoms with Crippen LogP contribution in [0.2, 0.25) is 0 Å². The van der Waals surface area contributed by atoms with Crippen molar-refractivity contribution in [2.75, 3.05) is 11.9 Å². The fourth-order valence-electron chi connectivity index (χ4n) is 2.38. The third-order valence-corrected chi connectivity index (χ3v) is 2.99. The second-order valence-corrected chi connectivity index (χ2v) is 5.11. The topological polar surface area (TPSA) is 45.0 Å². The Hall–Kier alpha value is -1.95. The molecular weight excluding hydrogens is 224 g/mol. The molecule has 1 aromatic carbocycles. The van der Waals surface area contributed by atoms with Gasteiger partial charge in [0.15, 0.2) is 0 Å². The van der Waals surface area contributed by atoms with E-state index in [0.29, 0.717) is 12.2 Å². The van der Waals surface area contributed by atoms with Gasteiger partial charge in [0.05, 0.1) is 23.4 Å². The fourth-order valence-corrected chi connectivity index (χ4v) is 2.38. The molecule has 1 aromatic rings. The number of nitriles is 1. The Morgan fingerprint density at radius 1 is 1.39 bits per heavy atom. The molecule has 1 aliphatic heterocycles. The Morgan fingerprint density at radius 2 is 2.11 bits per heavy atom. The van der Waals surface area contributed by atoms with E-state index in [4.69, 9.17) is 4.74 Å². The van der Waals surface area contributed by atoms with E-state index in [1.807, 2.05) is 13.0 Å². The van der Waals surface area contributed by atoms with Crippen molar-refractivity contribution < 1.29 is 4.74 Å². The van der Waals surface area contributed by atoms with Crippen LogP contribution in [0.4, 0.5) is 5.69 Å². The number of hydrogen-bond donors (Lipinski definition) is 1. The summed E-state index contributed by atoms with van der Waals surface area (Å²) < 4.78 is 5.51. The molecule has 3 nitrogen and oxygen atoms in total. The molecule has 2 rings (SSSR count). The van der Waals surface area contributed by atoms with Crippen LogP contribution in [0.25, 0.3) is 5.57 Å². The molecule has 94 valence electrons. The first-order valence-electron chi connectivity index (χ1n) is 6.16. The first-order chi connectivity index (χ1) is 8.46. The Morgan fingerprint density at radius 3 is 2.72 bits per heavy atom. The predicted molar refractivity (Wildman–Crippen MR) is 73.7 cm³/mol. The van der Waals surface area contributed by atoms with Crippen molar-refractivity contribution in [2.45, 2.75) is 33.2 Å². The van der Waals surface area contributed by atoms with E-state index in [2.05, 4.69) is 38.2 Å². The maximum atomic E-state index is 9.28. The minimum absolute atomic E-state index is 0.129. The molecule has 0 unspecified atom stereocenters. The molecule has 18 heavy (non-hydrogen) atoms. The third kappa shape index (κ3) is 2.19. The zero-order valence-corrected chi connectivity index (χ0v) is 11.3. The highest BCUT2D eigenvalue weighted by Gasteiger charge is 2.25. The maximum absolute atomic E-state index is 9.28. The summed E-state index contributed by atoms with van der Waals surface area (Å²) in [4.78, 5) is 0. The summed E-state index contributed by atoms with van der Waals surface area (Å²) in [5, 5.41) is 12.7. The first-order valence-corrected chi connectivity index (χ1v) is 6.16. The normalized spacial score (nSPS) is 16.1. The molecule has 0 spiro atoms. The lowest BCUT2D eigenvalue weighted by atomic mass is 9.89. The number of nitrogens with zero attached hydrogens (tertiary/aromatic N) is 1. The summed E-state index contributed by atoms with van der Waals surface area (Å²) in [5.41, 5.74) is 3.64. The number of hydrogen-bond acceptors (Lipinski definition) is 3. The molecule has 1 aliphatic rings. The van der Waals surface area contributed by atoms with Gasteiger partial charge in [-0.25, -0.2) is 0 Å². The number of benzene rings is 1. The van der Waals surface area contributed by atoms with E-state index in [-0.39, 0.29) is 5.54 Å². The van der Waals surface area contributed by atoms with Crippen LogP contribution in [0.5, 0.6) is 5.75 Å². The van der Waals surface area contributed by atoms with E-state index in [1.165, 1.54) is 5.57 Å². The Kier molecular flexibility index (Phi) is 3.04. The number of anilines is 1. The quantitative estimate of drug-likeness (QED) is 0.862. The van der Waals surface area contributed by atoms with Crippen molar-refractivity contribution in [1.82, 2.24) is 0 Å². The second-order valence-electron chi connectivity index (χ2n) is 5.11. The molecule has 1 heterocycles. The maximum Gasteiger partial charge on any atom is 0.121 e. The molecule has 0 bridgehead atoms. The average Bonchev–Trinajstić information content (AvgIpc) is 2.28. The zero-order chi connectivity index (χ0) is 13.3. The second kappa shape index (κ2) is 4.38. The van der Waals surface area contributed by atoms with Crippen molar-refractivity contribution in [1.29, 1.82) is 5.26 Å². The Balaban J connectivity index is 2.60. The van der Waals surface area contributed by atoms with Crippen molar-refractivity contribution in [2.24, 2.45) is 0 Å². The molecule has 1 N–H and O–H groups in total. The average molecular weight is 242 g/mol. The minimum Gasteiger partial charge on any atom is -0.494 e. The van der Waals surface area contributed by atoms with Gasteiger partial charge in [0.25, 0.3) is 0 Å². The molecule has 0 aliphatic carbocycles. The van der Waals surface area contributed by atoms with E-state index in [0.717, 1.165) is 17.0 Å². The highest BCUT2D eigenvalue weighted by molar-refractivity contribution is 5.84. The van der Waals surface area contributed by atoms with Crippen LogP contribution in [-0.4, -0.2) is 12.1 Å². The summed E-state index contributed by atoms with van der Waals surface area (Å²) >= 11 is 0. The Bertz CT molecular complexity index is 550. The van der Waals surface area contributed by atoms with Gasteiger partial charge >= 0.3 is 0 Å². The van der Waals surface area contributed by atoms with Gasteiger partial charge in [-0.2, -0.15) is 5.26 Å². The number of nitrogens with one attached hydrogen (secondary N) is 1. The molecule has 0 saturated carbocycles. The first kappa shape index (κ1) is 12.5. The number of rotatable bonds is 2. The van der Waals surface area contributed by atoms with Crippen LogP contribution in [0.15, 0.2) is 18.2 Å². The lowest BCUT2D eigenvalue weighted by Gasteiger charge is -2.32. The molecule has 0 radical (unpaired) electrons. The van der Waals surface area contributed by atoms with Gasteiger partial charge in [-0.15, -0.1) is 0 Å². The van der Waals surface area contributed by atoms with Crippen LogP contribution in [-0.2, 0) is 0 Å². The number of ether oxygens (including phenoxy) is 1. The van der Waals surface area contributed by atoms with Gasteiger partial charge in [0, 0.05) is 11.6 Å². The predicted octanol–water partition coefficient (Wildman–Crippen LogP) is 3.56. The summed E-state index contributed by atoms with van der Waals surface area (Å²) in [6.07, 6.45) is 2.17. The molecule has 0 aromatic heterocycles. The summed E-state index contributed by atoms with van der Waals surface area (Å²) in [6, 6.07) is 6.03. The van der Waals surface area contributed by atoms with Gasteiger partial charge in [-0.3, -0.25) is 0 Å². The van der Waals surface area contributed by atoms with Crippen LogP contribution in [0.1, 0.15) is 38.8 Å². The van der Waals surface area contributed by atoms with Crippen LogP contribution in [0.3, 0.4) is 0 Å². The van der Waals surface area contributed by atoms with Crippen molar-refractivity contribution >= 4 is 11.3 Å². The molecular formula is C15H18N2O. The summed E-state index contributed by atoms with van der Waals surface area (Å²) in [6.45, 7) is 8.80. The molecule has 0 atom stereocenters. The van der Waals surface area contributed by atoms with Crippen LogP contribution < -0.4 is 10.1 Å². The SMILES string of the molecule is CCOc1cc(C#N)c2c(c1)C(C)=CC(C)(C)N2. The van der Waals surface area contributed by atoms with Crippen LogP contribution >= 0.6 is 0 Å². The van der Waals surface area contributed by atoms with Crippen molar-refractivity contribution in [3.05, 3.63) is 29.3 Å². The lowest BCUT2D eigenvalue weighted by Crippen LogP contribution is -2.32. The number of fused-ring (bicyclic) bond motifs is 1. The van der Waals surface area contributed by atoms with Crippen LogP contribution in [0, 0.1) is 11.3 Å². The summed E-state index contributed by atoms with van der Waals surface area (Å²) in [5.74, 6) is 0.752. The zero-order valence-electron chi connectivity index (χ0n) is 11.3. The monoisotopic (exact) mass is 242 g/mol. The largest absolute Gasteiger partial charge is 0.494 e. The van der Waals surface area contributed by atoms with E-state index in [9.17, 15) is 5.26 Å². The molecule has 0 fully saturated rings. The van der Waals surface area contributed by atoms with Crippen molar-refractivity contribution in [3.63, 3.8) is 0 Å². The third-order valence-electron chi connectivity index (χ3n) is 2.99. The van der Waals surface area contributed by atoms with Gasteiger partial charge in [0.2, 0.25) is 0 Å². The molecule has 0 saturated heterocycles. The highest BCUT2D eigenvalue weighted by Crippen LogP contribution is 2.38. The lowest BCUT2D eigenvalue weighted by molar-refractivity contribution is 0.340. The summed E-state index contributed by atoms with van der Waals surface area (Å²) in [7, 11) is 0. The Labute approximate surface area is 108 Å². The molecule has 0 amide bonds. The van der Waals surface area contributed by atoms with E-state index >= 15 is 0 Å². The minimum atomic E-state index is -0.129. The highest BCUT2D eigenvalue weighted by atomic mass is 16.5. The fraction of sp³-hybridized carbons (Fsp3) is 0.400. The van der Waals surface area contributed by atoms with E-state index < -0.39 is 0 Å². The van der Waals surface area contributed by atoms with Gasteiger partial charge in [0.1, 0.15) is 11.8 Å². The smallest absolute Gasteiger partial charge is 0.121 e. The number of allylic oxidation sites excluding steroid dienone is 1. The molecule has 3 heteroatoms. The van der Waals surface area contributed by atoms with Gasteiger partial charge < -0.3 is 10.1 Å². The standard InChI is InChI=1S/C15H18N2O/c1-5-18-12-6-11(9-16)14-13(7-12)10(2)8-15(3,4)17-14/h6-8,17H,5H2,1-4H3.